The van der Waals surface area contributed by atoms with Gasteiger partial charge in [-0.2, -0.15) is 9.97 Å². The zero-order chi connectivity index (χ0) is 12.0. The van der Waals surface area contributed by atoms with E-state index in [0.29, 0.717) is 17.6 Å². The lowest BCUT2D eigenvalue weighted by Gasteiger charge is -2.11. The Hall–Kier alpha value is -1.66. The van der Waals surface area contributed by atoms with Crippen molar-refractivity contribution in [2.45, 2.75) is 18.6 Å². The lowest BCUT2D eigenvalue weighted by molar-refractivity contribution is 0.211. The van der Waals surface area contributed by atoms with Crippen LogP contribution in [-0.2, 0) is 0 Å². The van der Waals surface area contributed by atoms with Crippen molar-refractivity contribution in [2.24, 2.45) is 0 Å². The summed E-state index contributed by atoms with van der Waals surface area (Å²) in [6.45, 7) is 0. The van der Waals surface area contributed by atoms with Crippen molar-refractivity contribution in [1.82, 2.24) is 19.5 Å². The number of nitrogen functional groups attached to an aromatic ring is 1. The highest BCUT2D eigenvalue weighted by Crippen LogP contribution is 2.28. The third kappa shape index (κ3) is 1.65. The molecule has 0 unspecified atom stereocenters. The summed E-state index contributed by atoms with van der Waals surface area (Å²) in [6.07, 6.45) is 5.48. The predicted octanol–water partition coefficient (Wildman–Crippen LogP) is 0.924. The molecule has 3 N–H and O–H groups in total. The van der Waals surface area contributed by atoms with Gasteiger partial charge in [0.2, 0.25) is 5.95 Å². The first-order valence-corrected chi connectivity index (χ1v) is 5.55. The first-order valence-electron chi connectivity index (χ1n) is 5.17. The number of aliphatic hydroxyl groups is 1. The number of imidazole rings is 1. The fourth-order valence-electron chi connectivity index (χ4n) is 2.01. The summed E-state index contributed by atoms with van der Waals surface area (Å²) in [7, 11) is 0. The minimum atomic E-state index is -0.424. The summed E-state index contributed by atoms with van der Waals surface area (Å²) < 4.78 is 1.84. The molecular formula is C10H10ClN5O. The van der Waals surface area contributed by atoms with Gasteiger partial charge in [0.05, 0.1) is 18.5 Å². The van der Waals surface area contributed by atoms with Crippen LogP contribution >= 0.6 is 11.6 Å². The first kappa shape index (κ1) is 10.5. The highest BCUT2D eigenvalue weighted by molar-refractivity contribution is 6.33. The molecule has 6 nitrogen and oxygen atoms in total. The maximum Gasteiger partial charge on any atom is 0.223 e. The molecule has 88 valence electrons. The number of hydrogen-bond donors (Lipinski definition) is 2. The van der Waals surface area contributed by atoms with E-state index in [2.05, 4.69) is 15.0 Å². The number of anilines is 1. The van der Waals surface area contributed by atoms with E-state index < -0.39 is 6.10 Å². The number of halogens is 1. The van der Waals surface area contributed by atoms with E-state index in [0.717, 1.165) is 0 Å². The van der Waals surface area contributed by atoms with Gasteiger partial charge in [0.25, 0.3) is 0 Å². The van der Waals surface area contributed by atoms with E-state index in [9.17, 15) is 5.11 Å². The normalized spacial score (nSPS) is 23.6. The first-order chi connectivity index (χ1) is 8.15. The van der Waals surface area contributed by atoms with Gasteiger partial charge in [-0.15, -0.1) is 0 Å². The topological polar surface area (TPSA) is 89.8 Å². The fraction of sp³-hybridized carbons (Fsp3) is 0.300. The Morgan fingerprint density at radius 3 is 2.94 bits per heavy atom. The molecule has 2 heterocycles. The van der Waals surface area contributed by atoms with E-state index in [1.165, 1.54) is 0 Å². The van der Waals surface area contributed by atoms with Crippen LogP contribution in [0.1, 0.15) is 12.5 Å². The van der Waals surface area contributed by atoms with Crippen molar-refractivity contribution in [3.05, 3.63) is 23.6 Å². The fourth-order valence-corrected chi connectivity index (χ4v) is 2.23. The second-order valence-corrected chi connectivity index (χ2v) is 4.31. The molecule has 0 saturated heterocycles. The Kier molecular flexibility index (Phi) is 2.27. The van der Waals surface area contributed by atoms with Crippen molar-refractivity contribution in [2.75, 3.05) is 5.73 Å². The summed E-state index contributed by atoms with van der Waals surface area (Å²) in [5, 5.41) is 9.72. The van der Waals surface area contributed by atoms with Crippen LogP contribution in [-0.4, -0.2) is 30.7 Å². The van der Waals surface area contributed by atoms with Crippen molar-refractivity contribution >= 4 is 28.7 Å². The smallest absolute Gasteiger partial charge is 0.223 e. The van der Waals surface area contributed by atoms with Crippen LogP contribution in [0.5, 0.6) is 0 Å². The molecule has 17 heavy (non-hydrogen) atoms. The largest absolute Gasteiger partial charge is 0.389 e. The minimum Gasteiger partial charge on any atom is -0.389 e. The third-order valence-corrected chi connectivity index (χ3v) is 3.06. The van der Waals surface area contributed by atoms with Crippen molar-refractivity contribution in [3.63, 3.8) is 0 Å². The quantitative estimate of drug-likeness (QED) is 0.581. The van der Waals surface area contributed by atoms with Crippen molar-refractivity contribution in [1.29, 1.82) is 0 Å². The molecule has 0 saturated carbocycles. The van der Waals surface area contributed by atoms with Crippen molar-refractivity contribution < 1.29 is 5.11 Å². The molecule has 0 bridgehead atoms. The third-order valence-electron chi connectivity index (χ3n) is 2.79. The van der Waals surface area contributed by atoms with Gasteiger partial charge in [0.15, 0.2) is 10.8 Å². The van der Waals surface area contributed by atoms with Crippen LogP contribution in [0.25, 0.3) is 11.2 Å². The molecule has 0 aromatic carbocycles. The average Bonchev–Trinajstić information content (AvgIpc) is 2.83. The second kappa shape index (κ2) is 3.68. The summed E-state index contributed by atoms with van der Waals surface area (Å²) in [5.74, 6) is 0.117. The highest BCUT2D eigenvalue weighted by Gasteiger charge is 2.21. The monoisotopic (exact) mass is 251 g/mol. The molecule has 3 rings (SSSR count). The van der Waals surface area contributed by atoms with Gasteiger partial charge in [-0.05, 0) is 0 Å². The van der Waals surface area contributed by atoms with Gasteiger partial charge in [-0.25, -0.2) is 4.98 Å². The van der Waals surface area contributed by atoms with E-state index in [1.807, 2.05) is 10.6 Å². The summed E-state index contributed by atoms with van der Waals surface area (Å²) in [5.41, 5.74) is 6.68. The lowest BCUT2D eigenvalue weighted by atomic mass is 10.2. The number of nitrogens with zero attached hydrogens (tertiary/aromatic N) is 4. The Morgan fingerprint density at radius 2 is 2.24 bits per heavy atom. The Morgan fingerprint density at radius 1 is 1.41 bits per heavy atom. The number of rotatable bonds is 1. The van der Waals surface area contributed by atoms with Crippen LogP contribution in [0.15, 0.2) is 18.5 Å². The maximum absolute atomic E-state index is 9.48. The summed E-state index contributed by atoms with van der Waals surface area (Å²) >= 11 is 5.94. The van der Waals surface area contributed by atoms with Crippen LogP contribution in [0.4, 0.5) is 5.95 Å². The van der Waals surface area contributed by atoms with E-state index in [-0.39, 0.29) is 17.1 Å². The molecule has 2 aromatic heterocycles. The number of hydrogen-bond acceptors (Lipinski definition) is 5. The van der Waals surface area contributed by atoms with Gasteiger partial charge < -0.3 is 15.4 Å². The highest BCUT2D eigenvalue weighted by atomic mass is 35.5. The molecule has 2 atom stereocenters. The van der Waals surface area contributed by atoms with Gasteiger partial charge >= 0.3 is 0 Å². The van der Waals surface area contributed by atoms with Gasteiger partial charge in [-0.3, -0.25) is 0 Å². The number of fused-ring (bicyclic) bond motifs is 1. The molecule has 0 aliphatic heterocycles. The molecule has 0 fully saturated rings. The Balaban J connectivity index is 2.15. The standard InChI is InChI=1S/C10H10ClN5O/c11-8-7-9(15-10(12)14-8)16(4-13-7)5-1-2-6(17)3-5/h1-2,4-6,17H,3H2,(H2,12,14,15)/t5-,6+/m0/s1. The maximum atomic E-state index is 9.48. The van der Waals surface area contributed by atoms with Gasteiger partial charge in [-0.1, -0.05) is 23.8 Å². The number of aromatic nitrogens is 4. The van der Waals surface area contributed by atoms with E-state index >= 15 is 0 Å². The zero-order valence-corrected chi connectivity index (χ0v) is 9.54. The van der Waals surface area contributed by atoms with Crippen LogP contribution < -0.4 is 5.73 Å². The lowest BCUT2D eigenvalue weighted by Crippen LogP contribution is -2.08. The minimum absolute atomic E-state index is 0.0281. The zero-order valence-electron chi connectivity index (χ0n) is 8.79. The molecular weight excluding hydrogens is 242 g/mol. The SMILES string of the molecule is Nc1nc(Cl)c2ncn([C@H]3C=C[C@@H](O)C3)c2n1. The van der Waals surface area contributed by atoms with Crippen molar-refractivity contribution in [3.8, 4) is 0 Å². The second-order valence-electron chi connectivity index (χ2n) is 3.95. The molecule has 0 radical (unpaired) electrons. The molecule has 0 amide bonds. The van der Waals surface area contributed by atoms with E-state index in [1.54, 1.807) is 12.4 Å². The average molecular weight is 252 g/mol. The van der Waals surface area contributed by atoms with Gasteiger partial charge in [0.1, 0.15) is 5.52 Å². The number of nitrogens with two attached hydrogens (primary N) is 1. The van der Waals surface area contributed by atoms with E-state index in [4.69, 9.17) is 17.3 Å². The number of allylic oxidation sites excluding steroid dienone is 1. The molecule has 1 aliphatic carbocycles. The Bertz CT molecular complexity index is 608. The molecule has 1 aliphatic rings. The molecule has 0 spiro atoms. The summed E-state index contributed by atoms with van der Waals surface area (Å²) in [6, 6.07) is 0.0281. The van der Waals surface area contributed by atoms with Gasteiger partial charge in [0, 0.05) is 6.42 Å². The van der Waals surface area contributed by atoms with Crippen LogP contribution in [0.2, 0.25) is 5.15 Å². The number of aliphatic hydroxyl groups excluding tert-OH is 1. The Labute approximate surface area is 102 Å². The molecule has 7 heteroatoms. The predicted molar refractivity (Wildman–Crippen MR) is 63.5 cm³/mol. The van der Waals surface area contributed by atoms with Crippen LogP contribution in [0.3, 0.4) is 0 Å². The summed E-state index contributed by atoms with van der Waals surface area (Å²) in [4.78, 5) is 12.1. The molecule has 2 aromatic rings. The van der Waals surface area contributed by atoms with Crippen LogP contribution in [0, 0.1) is 0 Å².